The van der Waals surface area contributed by atoms with Gasteiger partial charge in [0, 0.05) is 6.54 Å². The molecule has 2 atom stereocenters. The monoisotopic (exact) mass is 292 g/mol. The topological polar surface area (TPSA) is 49.5 Å². The summed E-state index contributed by atoms with van der Waals surface area (Å²) in [6, 6.07) is 8.49. The molecular formula is C16H24N2OS. The van der Waals surface area contributed by atoms with Gasteiger partial charge in [0.1, 0.15) is 0 Å². The molecule has 2 rings (SSSR count). The number of nitrogens with zero attached hydrogens (tertiary/aromatic N) is 1. The lowest BCUT2D eigenvalue weighted by Crippen LogP contribution is -2.40. The van der Waals surface area contributed by atoms with E-state index in [9.17, 15) is 5.11 Å². The maximum absolute atomic E-state index is 9.61. The molecular weight excluding hydrogens is 268 g/mol. The third-order valence-electron chi connectivity index (χ3n) is 3.91. The van der Waals surface area contributed by atoms with E-state index < -0.39 is 6.10 Å². The van der Waals surface area contributed by atoms with Crippen molar-refractivity contribution >= 4 is 17.3 Å². The molecule has 3 nitrogen and oxygen atoms in total. The van der Waals surface area contributed by atoms with E-state index in [1.165, 1.54) is 18.4 Å². The van der Waals surface area contributed by atoms with E-state index in [0.717, 1.165) is 18.5 Å². The number of nitrogens with two attached hydrogens (primary N) is 1. The number of benzene rings is 1. The molecule has 0 aromatic heterocycles. The number of aliphatic hydroxyl groups is 1. The summed E-state index contributed by atoms with van der Waals surface area (Å²) < 4.78 is 0. The Hall–Kier alpha value is -1.13. The molecule has 1 fully saturated rings. The number of rotatable bonds is 6. The van der Waals surface area contributed by atoms with Crippen LogP contribution in [0.4, 0.5) is 0 Å². The highest BCUT2D eigenvalue weighted by Crippen LogP contribution is 2.44. The van der Waals surface area contributed by atoms with E-state index >= 15 is 0 Å². The molecule has 1 aromatic rings. The van der Waals surface area contributed by atoms with Crippen LogP contribution in [-0.2, 0) is 0 Å². The summed E-state index contributed by atoms with van der Waals surface area (Å²) in [6.07, 6.45) is 3.09. The zero-order chi connectivity index (χ0) is 14.7. The number of hydrogen-bond acceptors (Lipinski definition) is 2. The van der Waals surface area contributed by atoms with E-state index in [-0.39, 0.29) is 6.04 Å². The predicted molar refractivity (Wildman–Crippen MR) is 86.3 cm³/mol. The third-order valence-corrected chi connectivity index (χ3v) is 4.15. The highest BCUT2D eigenvalue weighted by atomic mass is 32.1. The smallest absolute Gasteiger partial charge is 0.166 e. The Morgan fingerprint density at radius 3 is 2.30 bits per heavy atom. The van der Waals surface area contributed by atoms with Crippen molar-refractivity contribution in [1.82, 2.24) is 4.90 Å². The molecule has 1 aliphatic rings. The third kappa shape index (κ3) is 3.49. The summed E-state index contributed by atoms with van der Waals surface area (Å²) in [7, 11) is 0. The molecule has 20 heavy (non-hydrogen) atoms. The normalized spacial score (nSPS) is 17.6. The Bertz CT molecular complexity index is 454. The van der Waals surface area contributed by atoms with Crippen LogP contribution in [0.15, 0.2) is 24.3 Å². The second kappa shape index (κ2) is 6.55. The van der Waals surface area contributed by atoms with Crippen LogP contribution in [0.2, 0.25) is 0 Å². The van der Waals surface area contributed by atoms with Crippen LogP contribution < -0.4 is 5.73 Å². The van der Waals surface area contributed by atoms with Crippen molar-refractivity contribution in [3.8, 4) is 0 Å². The van der Waals surface area contributed by atoms with Crippen LogP contribution in [0.1, 0.15) is 56.4 Å². The lowest BCUT2D eigenvalue weighted by atomic mass is 9.98. The van der Waals surface area contributed by atoms with E-state index in [1.807, 2.05) is 12.1 Å². The van der Waals surface area contributed by atoms with Crippen LogP contribution in [0.5, 0.6) is 0 Å². The minimum atomic E-state index is -0.425. The fraction of sp³-hybridized carbons (Fsp3) is 0.562. The van der Waals surface area contributed by atoms with Gasteiger partial charge >= 0.3 is 0 Å². The summed E-state index contributed by atoms with van der Waals surface area (Å²) in [5.74, 6) is 0.653. The fourth-order valence-corrected chi connectivity index (χ4v) is 2.92. The Kier molecular flexibility index (Phi) is 5.00. The average molecular weight is 292 g/mol. The zero-order valence-corrected chi connectivity index (χ0v) is 13.1. The van der Waals surface area contributed by atoms with Crippen molar-refractivity contribution in [2.24, 2.45) is 11.7 Å². The van der Waals surface area contributed by atoms with Crippen LogP contribution >= 0.6 is 12.2 Å². The van der Waals surface area contributed by atoms with Gasteiger partial charge in [-0.1, -0.05) is 31.2 Å². The van der Waals surface area contributed by atoms with Crippen molar-refractivity contribution in [3.63, 3.8) is 0 Å². The molecule has 1 aliphatic carbocycles. The summed E-state index contributed by atoms with van der Waals surface area (Å²) in [5.41, 5.74) is 8.12. The van der Waals surface area contributed by atoms with Gasteiger partial charge in [-0.15, -0.1) is 0 Å². The van der Waals surface area contributed by atoms with Gasteiger partial charge in [-0.05, 0) is 55.4 Å². The van der Waals surface area contributed by atoms with Gasteiger partial charge < -0.3 is 15.7 Å². The van der Waals surface area contributed by atoms with E-state index in [0.29, 0.717) is 11.0 Å². The first-order valence-corrected chi connectivity index (χ1v) is 7.79. The van der Waals surface area contributed by atoms with Gasteiger partial charge in [-0.25, -0.2) is 0 Å². The lowest BCUT2D eigenvalue weighted by molar-refractivity contribution is 0.199. The second-order valence-electron chi connectivity index (χ2n) is 5.66. The molecule has 0 bridgehead atoms. The number of hydrogen-bond donors (Lipinski definition) is 2. The van der Waals surface area contributed by atoms with Gasteiger partial charge in [0.05, 0.1) is 12.1 Å². The van der Waals surface area contributed by atoms with Gasteiger partial charge in [0.2, 0.25) is 0 Å². The zero-order valence-electron chi connectivity index (χ0n) is 12.2. The van der Waals surface area contributed by atoms with Crippen LogP contribution in [0, 0.1) is 5.92 Å². The molecule has 0 amide bonds. The fourth-order valence-electron chi connectivity index (χ4n) is 2.72. The summed E-state index contributed by atoms with van der Waals surface area (Å²) in [5, 5.41) is 10.1. The van der Waals surface area contributed by atoms with E-state index in [4.69, 9.17) is 18.0 Å². The van der Waals surface area contributed by atoms with Crippen molar-refractivity contribution in [2.45, 2.75) is 45.3 Å². The van der Waals surface area contributed by atoms with Gasteiger partial charge in [0.15, 0.2) is 5.11 Å². The van der Waals surface area contributed by atoms with Crippen molar-refractivity contribution in [3.05, 3.63) is 35.4 Å². The molecule has 0 spiro atoms. The highest BCUT2D eigenvalue weighted by molar-refractivity contribution is 7.80. The highest BCUT2D eigenvalue weighted by Gasteiger charge is 2.36. The first-order chi connectivity index (χ1) is 9.54. The molecule has 0 radical (unpaired) electrons. The Morgan fingerprint density at radius 2 is 1.90 bits per heavy atom. The Labute approximate surface area is 126 Å². The van der Waals surface area contributed by atoms with Crippen LogP contribution in [0.25, 0.3) is 0 Å². The molecule has 1 aromatic carbocycles. The maximum Gasteiger partial charge on any atom is 0.166 e. The molecule has 4 heteroatoms. The largest absolute Gasteiger partial charge is 0.389 e. The molecule has 3 N–H and O–H groups in total. The standard InChI is InChI=1S/C16H24N2OS/c1-3-10-18(16(17)20)15(14-8-9-14)13-6-4-12(5-7-13)11(2)19/h4-7,11,14-15,19H,3,8-10H2,1-2H3,(H2,17,20). The minimum absolute atomic E-state index is 0.287. The summed E-state index contributed by atoms with van der Waals surface area (Å²) >= 11 is 5.24. The predicted octanol–water partition coefficient (Wildman–Crippen LogP) is 3.15. The van der Waals surface area contributed by atoms with Crippen molar-refractivity contribution in [1.29, 1.82) is 0 Å². The van der Waals surface area contributed by atoms with Crippen molar-refractivity contribution in [2.75, 3.05) is 6.54 Å². The average Bonchev–Trinajstić information content (AvgIpc) is 3.23. The van der Waals surface area contributed by atoms with Crippen LogP contribution in [-0.4, -0.2) is 21.7 Å². The molecule has 0 aliphatic heterocycles. The second-order valence-corrected chi connectivity index (χ2v) is 6.07. The molecule has 0 heterocycles. The van der Waals surface area contributed by atoms with Gasteiger partial charge in [0.25, 0.3) is 0 Å². The van der Waals surface area contributed by atoms with Gasteiger partial charge in [-0.3, -0.25) is 0 Å². The molecule has 2 unspecified atom stereocenters. The lowest BCUT2D eigenvalue weighted by Gasteiger charge is -2.33. The number of aliphatic hydroxyl groups excluding tert-OH is 1. The molecule has 110 valence electrons. The Balaban J connectivity index is 2.25. The maximum atomic E-state index is 9.61. The minimum Gasteiger partial charge on any atom is -0.389 e. The van der Waals surface area contributed by atoms with E-state index in [1.54, 1.807) is 6.92 Å². The van der Waals surface area contributed by atoms with Crippen LogP contribution in [0.3, 0.4) is 0 Å². The Morgan fingerprint density at radius 1 is 1.35 bits per heavy atom. The molecule has 0 saturated heterocycles. The summed E-state index contributed by atoms with van der Waals surface area (Å²) in [6.45, 7) is 4.83. The quantitative estimate of drug-likeness (QED) is 0.791. The van der Waals surface area contributed by atoms with Crippen molar-refractivity contribution < 1.29 is 5.11 Å². The SMILES string of the molecule is CCCN(C(N)=S)C(c1ccc(C(C)O)cc1)C1CC1. The number of thiocarbonyl (C=S) groups is 1. The van der Waals surface area contributed by atoms with Gasteiger partial charge in [-0.2, -0.15) is 0 Å². The first kappa shape index (κ1) is 15.3. The van der Waals surface area contributed by atoms with E-state index in [2.05, 4.69) is 24.0 Å². The molecule has 1 saturated carbocycles. The summed E-state index contributed by atoms with van der Waals surface area (Å²) in [4.78, 5) is 2.16. The first-order valence-electron chi connectivity index (χ1n) is 7.38.